The van der Waals surface area contributed by atoms with Crippen LogP contribution in [-0.2, 0) is 4.79 Å². The highest BCUT2D eigenvalue weighted by atomic mass is 127. The molecule has 2 rings (SSSR count). The molecule has 0 aliphatic rings. The fraction of sp³-hybridized carbons (Fsp3) is 0.143. The molecule has 0 atom stereocenters. The molecule has 5 heteroatoms. The largest absolute Gasteiger partial charge is 0.484 e. The van der Waals surface area contributed by atoms with Crippen LogP contribution < -0.4 is 10.1 Å². The lowest BCUT2D eigenvalue weighted by Gasteiger charge is -2.07. The highest BCUT2D eigenvalue weighted by molar-refractivity contribution is 14.1. The molecule has 1 heterocycles. The van der Waals surface area contributed by atoms with Crippen molar-refractivity contribution in [2.24, 2.45) is 0 Å². The Hall–Kier alpha value is -1.63. The Balaban J connectivity index is 1.86. The summed E-state index contributed by atoms with van der Waals surface area (Å²) < 4.78 is 6.51. The van der Waals surface area contributed by atoms with E-state index < -0.39 is 0 Å². The summed E-state index contributed by atoms with van der Waals surface area (Å²) in [4.78, 5) is 15.9. The maximum atomic E-state index is 11.7. The minimum absolute atomic E-state index is 0.0315. The van der Waals surface area contributed by atoms with E-state index in [-0.39, 0.29) is 12.5 Å². The van der Waals surface area contributed by atoms with Gasteiger partial charge in [0.1, 0.15) is 11.6 Å². The van der Waals surface area contributed by atoms with Crippen LogP contribution in [0.15, 0.2) is 42.5 Å². The number of carbonyl (C=O) groups excluding carboxylic acids is 1. The lowest BCUT2D eigenvalue weighted by Crippen LogP contribution is -2.20. The van der Waals surface area contributed by atoms with E-state index in [0.29, 0.717) is 11.6 Å². The zero-order valence-corrected chi connectivity index (χ0v) is 12.5. The number of halogens is 1. The molecule has 0 saturated carbocycles. The molecule has 0 fully saturated rings. The Morgan fingerprint density at radius 2 is 2.00 bits per heavy atom. The molecule has 1 aromatic heterocycles. The van der Waals surface area contributed by atoms with Crippen LogP contribution >= 0.6 is 22.6 Å². The number of amides is 1. The summed E-state index contributed by atoms with van der Waals surface area (Å²) in [5, 5.41) is 2.69. The van der Waals surface area contributed by atoms with E-state index in [1.54, 1.807) is 6.07 Å². The van der Waals surface area contributed by atoms with Gasteiger partial charge >= 0.3 is 0 Å². The van der Waals surface area contributed by atoms with Gasteiger partial charge in [-0.3, -0.25) is 4.79 Å². The van der Waals surface area contributed by atoms with Crippen molar-refractivity contribution in [3.8, 4) is 5.75 Å². The van der Waals surface area contributed by atoms with E-state index in [4.69, 9.17) is 4.74 Å². The number of nitrogens with one attached hydrogen (secondary N) is 1. The maximum Gasteiger partial charge on any atom is 0.263 e. The number of anilines is 1. The maximum absolute atomic E-state index is 11.7. The minimum Gasteiger partial charge on any atom is -0.484 e. The molecular weight excluding hydrogens is 355 g/mol. The predicted octanol–water partition coefficient (Wildman–Crippen LogP) is 3.01. The molecular formula is C14H13IN2O2. The normalized spacial score (nSPS) is 10.0. The third-order valence-electron chi connectivity index (χ3n) is 2.34. The number of pyridine rings is 1. The van der Waals surface area contributed by atoms with E-state index in [1.165, 1.54) is 0 Å². The molecule has 0 radical (unpaired) electrons. The number of aromatic nitrogens is 1. The van der Waals surface area contributed by atoms with Gasteiger partial charge in [-0.2, -0.15) is 0 Å². The molecule has 0 saturated heterocycles. The molecule has 1 amide bonds. The van der Waals surface area contributed by atoms with Gasteiger partial charge in [-0.05, 0) is 65.9 Å². The number of ether oxygens (including phenoxy) is 1. The Morgan fingerprint density at radius 3 is 2.68 bits per heavy atom. The predicted molar refractivity (Wildman–Crippen MR) is 82.3 cm³/mol. The summed E-state index contributed by atoms with van der Waals surface area (Å²) in [7, 11) is 0. The SMILES string of the molecule is Cc1cccc(NC(=O)COc2ccc(I)cc2)n1. The van der Waals surface area contributed by atoms with Crippen LogP contribution in [0.4, 0.5) is 5.82 Å². The molecule has 1 N–H and O–H groups in total. The standard InChI is InChI=1S/C14H13IN2O2/c1-10-3-2-4-13(16-10)17-14(18)9-19-12-7-5-11(15)6-8-12/h2-8H,9H2,1H3,(H,16,17,18). The van der Waals surface area contributed by atoms with Crippen molar-refractivity contribution >= 4 is 34.3 Å². The first kappa shape index (κ1) is 13.8. The lowest BCUT2D eigenvalue weighted by molar-refractivity contribution is -0.118. The fourth-order valence-electron chi connectivity index (χ4n) is 1.47. The Morgan fingerprint density at radius 1 is 1.26 bits per heavy atom. The molecule has 0 unspecified atom stereocenters. The first-order valence-corrected chi connectivity index (χ1v) is 6.83. The van der Waals surface area contributed by atoms with Crippen LogP contribution in [-0.4, -0.2) is 17.5 Å². The van der Waals surface area contributed by atoms with Gasteiger partial charge in [0.05, 0.1) is 0 Å². The van der Waals surface area contributed by atoms with Gasteiger partial charge in [-0.25, -0.2) is 4.98 Å². The van der Waals surface area contributed by atoms with Crippen LogP contribution in [0, 0.1) is 10.5 Å². The van der Waals surface area contributed by atoms with Crippen molar-refractivity contribution in [3.63, 3.8) is 0 Å². The highest BCUT2D eigenvalue weighted by Crippen LogP contribution is 2.13. The van der Waals surface area contributed by atoms with Crippen molar-refractivity contribution in [1.82, 2.24) is 4.98 Å². The number of benzene rings is 1. The molecule has 4 nitrogen and oxygen atoms in total. The third-order valence-corrected chi connectivity index (χ3v) is 3.06. The molecule has 1 aromatic carbocycles. The lowest BCUT2D eigenvalue weighted by atomic mass is 10.3. The average Bonchev–Trinajstić information content (AvgIpc) is 2.38. The van der Waals surface area contributed by atoms with Crippen LogP contribution in [0.1, 0.15) is 5.69 Å². The van der Waals surface area contributed by atoms with Gasteiger partial charge in [0.2, 0.25) is 0 Å². The molecule has 0 aliphatic carbocycles. The quantitative estimate of drug-likeness (QED) is 0.845. The zero-order valence-electron chi connectivity index (χ0n) is 10.4. The van der Waals surface area contributed by atoms with Crippen LogP contribution in [0.3, 0.4) is 0 Å². The second kappa shape index (κ2) is 6.51. The number of carbonyl (C=O) groups is 1. The van der Waals surface area contributed by atoms with E-state index in [1.807, 2.05) is 43.3 Å². The summed E-state index contributed by atoms with van der Waals surface area (Å²) in [6.07, 6.45) is 0. The Bertz CT molecular complexity index is 570. The van der Waals surface area contributed by atoms with Gasteiger partial charge in [0.15, 0.2) is 6.61 Å². The van der Waals surface area contributed by atoms with Crippen LogP contribution in [0.25, 0.3) is 0 Å². The molecule has 98 valence electrons. The summed E-state index contributed by atoms with van der Waals surface area (Å²) in [6, 6.07) is 13.0. The van der Waals surface area contributed by atoms with E-state index in [0.717, 1.165) is 9.26 Å². The molecule has 0 bridgehead atoms. The highest BCUT2D eigenvalue weighted by Gasteiger charge is 2.04. The summed E-state index contributed by atoms with van der Waals surface area (Å²) in [6.45, 7) is 1.84. The van der Waals surface area contributed by atoms with Crippen LogP contribution in [0.2, 0.25) is 0 Å². The monoisotopic (exact) mass is 368 g/mol. The molecule has 19 heavy (non-hydrogen) atoms. The average molecular weight is 368 g/mol. The van der Waals surface area contributed by atoms with Crippen molar-refractivity contribution in [1.29, 1.82) is 0 Å². The number of aryl methyl sites for hydroxylation is 1. The van der Waals surface area contributed by atoms with Gasteiger partial charge in [-0.1, -0.05) is 6.07 Å². The van der Waals surface area contributed by atoms with E-state index in [9.17, 15) is 4.79 Å². The second-order valence-corrected chi connectivity index (χ2v) is 5.20. The summed E-state index contributed by atoms with van der Waals surface area (Å²) in [5.74, 6) is 0.987. The van der Waals surface area contributed by atoms with Gasteiger partial charge in [0.25, 0.3) is 5.91 Å². The third kappa shape index (κ3) is 4.51. The minimum atomic E-state index is -0.225. The van der Waals surface area contributed by atoms with Gasteiger partial charge in [0, 0.05) is 9.26 Å². The van der Waals surface area contributed by atoms with Gasteiger partial charge in [-0.15, -0.1) is 0 Å². The van der Waals surface area contributed by atoms with E-state index in [2.05, 4.69) is 32.9 Å². The van der Waals surface area contributed by atoms with Crippen molar-refractivity contribution in [3.05, 3.63) is 51.7 Å². The molecule has 0 aliphatic heterocycles. The van der Waals surface area contributed by atoms with Crippen molar-refractivity contribution in [2.75, 3.05) is 11.9 Å². The van der Waals surface area contributed by atoms with Crippen molar-refractivity contribution in [2.45, 2.75) is 6.92 Å². The number of nitrogens with zero attached hydrogens (tertiary/aromatic N) is 1. The number of hydrogen-bond donors (Lipinski definition) is 1. The fourth-order valence-corrected chi connectivity index (χ4v) is 1.83. The summed E-state index contributed by atoms with van der Waals surface area (Å²) >= 11 is 2.21. The van der Waals surface area contributed by atoms with Gasteiger partial charge < -0.3 is 10.1 Å². The first-order valence-electron chi connectivity index (χ1n) is 5.75. The zero-order chi connectivity index (χ0) is 13.7. The van der Waals surface area contributed by atoms with E-state index >= 15 is 0 Å². The summed E-state index contributed by atoms with van der Waals surface area (Å²) in [5.41, 5.74) is 0.858. The first-order chi connectivity index (χ1) is 9.13. The molecule has 0 spiro atoms. The smallest absolute Gasteiger partial charge is 0.263 e. The van der Waals surface area contributed by atoms with Crippen LogP contribution in [0.5, 0.6) is 5.75 Å². The topological polar surface area (TPSA) is 51.2 Å². The number of hydrogen-bond acceptors (Lipinski definition) is 3. The Kier molecular flexibility index (Phi) is 4.73. The molecule has 2 aromatic rings. The Labute approximate surface area is 125 Å². The number of rotatable bonds is 4. The van der Waals surface area contributed by atoms with Crippen molar-refractivity contribution < 1.29 is 9.53 Å². The second-order valence-electron chi connectivity index (χ2n) is 3.95.